The summed E-state index contributed by atoms with van der Waals surface area (Å²) in [6.45, 7) is -5.80. The van der Waals surface area contributed by atoms with Crippen LogP contribution in [0.4, 0.5) is 28.9 Å². The number of nitro groups is 1. The number of nitro benzene ring substituents is 1. The van der Waals surface area contributed by atoms with Gasteiger partial charge in [0.15, 0.2) is 0 Å². The highest BCUT2D eigenvalue weighted by atomic mass is 32.2. The number of halogens is 4. The SMILES string of the molecule is O=[N+]([O-])c1cc(S(=O)(=O)N2CCCC2)ccc1NN=Cc1ccc(OC(F)F)cc1OC(F)F. The number of sulfonamides is 1. The summed E-state index contributed by atoms with van der Waals surface area (Å²) < 4.78 is 85.0. The van der Waals surface area contributed by atoms with E-state index in [1.54, 1.807) is 0 Å². The van der Waals surface area contributed by atoms with E-state index in [0.29, 0.717) is 25.9 Å². The number of anilines is 1. The van der Waals surface area contributed by atoms with Crippen LogP contribution >= 0.6 is 0 Å². The van der Waals surface area contributed by atoms with Crippen LogP contribution in [0.5, 0.6) is 11.5 Å². The molecule has 2 aromatic carbocycles. The van der Waals surface area contributed by atoms with E-state index in [2.05, 4.69) is 20.0 Å². The molecule has 0 bridgehead atoms. The zero-order valence-electron chi connectivity index (χ0n) is 17.2. The molecule has 0 unspecified atom stereocenters. The average molecular weight is 506 g/mol. The smallest absolute Gasteiger partial charge is 0.387 e. The monoisotopic (exact) mass is 506 g/mol. The van der Waals surface area contributed by atoms with Crippen molar-refractivity contribution >= 4 is 27.6 Å². The summed E-state index contributed by atoms with van der Waals surface area (Å²) in [6, 6.07) is 6.20. The number of nitrogens with one attached hydrogen (secondary N) is 1. The van der Waals surface area contributed by atoms with Gasteiger partial charge in [-0.15, -0.1) is 0 Å². The van der Waals surface area contributed by atoms with Crippen molar-refractivity contribution in [1.29, 1.82) is 0 Å². The van der Waals surface area contributed by atoms with Gasteiger partial charge in [0.05, 0.1) is 16.0 Å². The third-order valence-corrected chi connectivity index (χ3v) is 6.58. The van der Waals surface area contributed by atoms with Crippen molar-refractivity contribution in [3.05, 3.63) is 52.1 Å². The fraction of sp³-hybridized carbons (Fsp3) is 0.316. The van der Waals surface area contributed by atoms with Crippen LogP contribution in [0.3, 0.4) is 0 Å². The van der Waals surface area contributed by atoms with E-state index in [-0.39, 0.29) is 16.1 Å². The molecule has 1 saturated heterocycles. The lowest BCUT2D eigenvalue weighted by atomic mass is 10.2. The Labute approximate surface area is 191 Å². The van der Waals surface area contributed by atoms with Crippen LogP contribution in [0.1, 0.15) is 18.4 Å². The zero-order chi connectivity index (χ0) is 24.9. The van der Waals surface area contributed by atoms with Crippen molar-refractivity contribution in [2.45, 2.75) is 31.0 Å². The predicted molar refractivity (Wildman–Crippen MR) is 112 cm³/mol. The molecular weight excluding hydrogens is 488 g/mol. The first-order chi connectivity index (χ1) is 16.1. The molecule has 3 rings (SSSR count). The lowest BCUT2D eigenvalue weighted by Crippen LogP contribution is -2.27. The van der Waals surface area contributed by atoms with Crippen molar-refractivity contribution < 1.29 is 40.4 Å². The summed E-state index contributed by atoms with van der Waals surface area (Å²) in [5.41, 5.74) is 1.51. The maximum Gasteiger partial charge on any atom is 0.387 e. The number of benzene rings is 2. The minimum absolute atomic E-state index is 0.0784. The first-order valence-electron chi connectivity index (χ1n) is 9.69. The lowest BCUT2D eigenvalue weighted by molar-refractivity contribution is -0.384. The van der Waals surface area contributed by atoms with Crippen LogP contribution < -0.4 is 14.9 Å². The Kier molecular flexibility index (Phi) is 7.88. The molecule has 1 aliphatic heterocycles. The molecule has 0 spiro atoms. The summed E-state index contributed by atoms with van der Waals surface area (Å²) in [7, 11) is -3.90. The van der Waals surface area contributed by atoms with Crippen molar-refractivity contribution in [3.63, 3.8) is 0 Å². The Balaban J connectivity index is 1.84. The molecule has 34 heavy (non-hydrogen) atoms. The van der Waals surface area contributed by atoms with Crippen LogP contribution in [0.25, 0.3) is 0 Å². The van der Waals surface area contributed by atoms with Gasteiger partial charge >= 0.3 is 13.2 Å². The van der Waals surface area contributed by atoms with E-state index >= 15 is 0 Å². The number of nitrogens with zero attached hydrogens (tertiary/aromatic N) is 3. The summed E-state index contributed by atoms with van der Waals surface area (Å²) >= 11 is 0. The highest BCUT2D eigenvalue weighted by Gasteiger charge is 2.29. The molecule has 1 N–H and O–H groups in total. The summed E-state index contributed by atoms with van der Waals surface area (Å²) in [6.07, 6.45) is 2.35. The Morgan fingerprint density at radius 2 is 1.74 bits per heavy atom. The summed E-state index contributed by atoms with van der Waals surface area (Å²) in [5.74, 6) is -0.957. The highest BCUT2D eigenvalue weighted by Crippen LogP contribution is 2.31. The molecule has 0 atom stereocenters. The topological polar surface area (TPSA) is 123 Å². The predicted octanol–water partition coefficient (Wildman–Crippen LogP) is 4.03. The minimum atomic E-state index is -3.90. The van der Waals surface area contributed by atoms with Crippen LogP contribution in [0, 0.1) is 10.1 Å². The van der Waals surface area contributed by atoms with Crippen LogP contribution in [0.2, 0.25) is 0 Å². The van der Waals surface area contributed by atoms with Crippen molar-refractivity contribution in [2.24, 2.45) is 5.10 Å². The highest BCUT2D eigenvalue weighted by molar-refractivity contribution is 7.89. The maximum absolute atomic E-state index is 12.7. The van der Waals surface area contributed by atoms with Gasteiger partial charge in [0.1, 0.15) is 17.2 Å². The summed E-state index contributed by atoms with van der Waals surface area (Å²) in [5, 5.41) is 15.2. The van der Waals surface area contributed by atoms with Crippen LogP contribution in [-0.2, 0) is 10.0 Å². The van der Waals surface area contributed by atoms with E-state index in [4.69, 9.17) is 0 Å². The van der Waals surface area contributed by atoms with E-state index in [1.807, 2.05) is 0 Å². The van der Waals surface area contributed by atoms with Gasteiger partial charge in [0.2, 0.25) is 10.0 Å². The second-order valence-corrected chi connectivity index (χ2v) is 8.81. The van der Waals surface area contributed by atoms with Gasteiger partial charge in [-0.2, -0.15) is 27.0 Å². The largest absolute Gasteiger partial charge is 0.435 e. The summed E-state index contributed by atoms with van der Waals surface area (Å²) in [4.78, 5) is 10.4. The normalized spacial score (nSPS) is 14.8. The fourth-order valence-electron chi connectivity index (χ4n) is 3.16. The molecule has 1 aliphatic rings. The van der Waals surface area contributed by atoms with Gasteiger partial charge in [0.25, 0.3) is 5.69 Å². The molecular formula is C19H18F4N4O6S. The maximum atomic E-state index is 12.7. The minimum Gasteiger partial charge on any atom is -0.435 e. The van der Waals surface area contributed by atoms with E-state index in [9.17, 15) is 36.1 Å². The Hall–Kier alpha value is -3.46. The standard InChI is InChI=1S/C19H18F4N4O6S/c20-18(21)32-13-4-3-12(17(9-13)33-19(22)23)11-24-25-15-6-5-14(10-16(15)27(28)29)34(30,31)26-7-1-2-8-26/h3-6,9-11,18-19,25H,1-2,7-8H2. The van der Waals surface area contributed by atoms with Crippen LogP contribution in [-0.4, -0.2) is 50.2 Å². The zero-order valence-corrected chi connectivity index (χ0v) is 18.1. The number of hydrazone groups is 1. The van der Waals surface area contributed by atoms with Gasteiger partial charge in [-0.1, -0.05) is 0 Å². The van der Waals surface area contributed by atoms with Gasteiger partial charge in [-0.25, -0.2) is 8.42 Å². The molecule has 0 amide bonds. The van der Waals surface area contributed by atoms with Crippen molar-refractivity contribution in [2.75, 3.05) is 18.5 Å². The second kappa shape index (κ2) is 10.6. The quantitative estimate of drug-likeness (QED) is 0.223. The molecule has 0 aliphatic carbocycles. The van der Waals surface area contributed by atoms with Gasteiger partial charge < -0.3 is 9.47 Å². The molecule has 1 heterocycles. The molecule has 10 nitrogen and oxygen atoms in total. The molecule has 1 fully saturated rings. The number of rotatable bonds is 10. The third kappa shape index (κ3) is 6.11. The number of ether oxygens (including phenoxy) is 2. The fourth-order valence-corrected chi connectivity index (χ4v) is 4.70. The second-order valence-electron chi connectivity index (χ2n) is 6.87. The Bertz CT molecular complexity index is 1170. The first-order valence-corrected chi connectivity index (χ1v) is 11.1. The molecule has 0 aromatic heterocycles. The van der Waals surface area contributed by atoms with E-state index in [1.165, 1.54) is 10.4 Å². The molecule has 15 heteroatoms. The van der Waals surface area contributed by atoms with Gasteiger partial charge in [-0.3, -0.25) is 15.5 Å². The third-order valence-electron chi connectivity index (χ3n) is 4.68. The van der Waals surface area contributed by atoms with E-state index < -0.39 is 45.4 Å². The van der Waals surface area contributed by atoms with Crippen molar-refractivity contribution in [1.82, 2.24) is 4.31 Å². The molecule has 0 saturated carbocycles. The van der Waals surface area contributed by atoms with Crippen molar-refractivity contribution in [3.8, 4) is 11.5 Å². The first kappa shape index (κ1) is 25.2. The average Bonchev–Trinajstić information content (AvgIpc) is 3.30. The molecule has 0 radical (unpaired) electrons. The molecule has 2 aromatic rings. The number of alkyl halides is 4. The van der Waals surface area contributed by atoms with Gasteiger partial charge in [0, 0.05) is 30.8 Å². The number of hydrogen-bond donors (Lipinski definition) is 1. The van der Waals surface area contributed by atoms with Gasteiger partial charge in [-0.05, 0) is 37.1 Å². The van der Waals surface area contributed by atoms with Crippen LogP contribution in [0.15, 0.2) is 46.4 Å². The number of hydrogen-bond acceptors (Lipinski definition) is 8. The van der Waals surface area contributed by atoms with E-state index in [0.717, 1.165) is 36.5 Å². The Morgan fingerprint density at radius 1 is 1.06 bits per heavy atom. The lowest BCUT2D eigenvalue weighted by Gasteiger charge is -2.15. The molecule has 184 valence electrons. The Morgan fingerprint density at radius 3 is 2.35 bits per heavy atom.